The summed E-state index contributed by atoms with van der Waals surface area (Å²) < 4.78 is 10.9. The summed E-state index contributed by atoms with van der Waals surface area (Å²) >= 11 is 0. The van der Waals surface area contributed by atoms with E-state index in [0.717, 1.165) is 5.56 Å². The van der Waals surface area contributed by atoms with E-state index in [-0.39, 0.29) is 12.6 Å². The van der Waals surface area contributed by atoms with Crippen LogP contribution >= 0.6 is 0 Å². The van der Waals surface area contributed by atoms with Gasteiger partial charge in [0.05, 0.1) is 19.3 Å². The number of ether oxygens (including phenoxy) is 1. The van der Waals surface area contributed by atoms with Crippen LogP contribution in [0, 0.1) is 5.92 Å². The molecule has 2 unspecified atom stereocenters. The Labute approximate surface area is 151 Å². The van der Waals surface area contributed by atoms with E-state index in [1.54, 1.807) is 30.4 Å². The molecule has 2 heterocycles. The van der Waals surface area contributed by atoms with Crippen LogP contribution in [0.1, 0.15) is 30.2 Å². The van der Waals surface area contributed by atoms with Crippen molar-refractivity contribution in [3.8, 4) is 5.75 Å². The highest BCUT2D eigenvalue weighted by atomic mass is 16.5. The Kier molecular flexibility index (Phi) is 5.46. The number of nitrogens with zero attached hydrogens (tertiary/aromatic N) is 1. The van der Waals surface area contributed by atoms with Crippen LogP contribution in [0.25, 0.3) is 0 Å². The number of piperidine rings is 1. The lowest BCUT2D eigenvalue weighted by Crippen LogP contribution is -2.48. The van der Waals surface area contributed by atoms with E-state index in [1.165, 1.54) is 0 Å². The minimum absolute atomic E-state index is 0.206. The third-order valence-electron chi connectivity index (χ3n) is 4.60. The molecule has 1 saturated heterocycles. The van der Waals surface area contributed by atoms with Gasteiger partial charge in [-0.25, -0.2) is 4.79 Å². The fraction of sp³-hybridized carbons (Fsp3) is 0.368. The van der Waals surface area contributed by atoms with Gasteiger partial charge < -0.3 is 24.5 Å². The fourth-order valence-electron chi connectivity index (χ4n) is 3.24. The van der Waals surface area contributed by atoms with Gasteiger partial charge in [0.15, 0.2) is 0 Å². The number of nitrogens with one attached hydrogen (secondary N) is 1. The van der Waals surface area contributed by atoms with Gasteiger partial charge in [-0.15, -0.1) is 0 Å². The molecule has 2 aromatic rings. The number of methoxy groups -OCH3 is 1. The quantitative estimate of drug-likeness (QED) is 0.857. The minimum Gasteiger partial charge on any atom is -0.496 e. The van der Waals surface area contributed by atoms with E-state index in [1.807, 2.05) is 24.3 Å². The number of furan rings is 1. The summed E-state index contributed by atoms with van der Waals surface area (Å²) in [6.45, 7) is 0.740. The highest BCUT2D eigenvalue weighted by molar-refractivity contribution is 5.77. The van der Waals surface area contributed by atoms with Gasteiger partial charge in [0.1, 0.15) is 17.6 Å². The minimum atomic E-state index is -0.866. The topological polar surface area (TPSA) is 92.0 Å². The molecule has 3 rings (SSSR count). The van der Waals surface area contributed by atoms with Gasteiger partial charge in [-0.2, -0.15) is 0 Å². The lowest BCUT2D eigenvalue weighted by atomic mass is 9.98. The van der Waals surface area contributed by atoms with Crippen molar-refractivity contribution in [2.75, 3.05) is 20.2 Å². The van der Waals surface area contributed by atoms with E-state index >= 15 is 0 Å². The average molecular weight is 358 g/mol. The maximum absolute atomic E-state index is 12.8. The molecule has 0 saturated carbocycles. The molecule has 0 radical (unpaired) electrons. The number of benzene rings is 1. The maximum atomic E-state index is 12.8. The molecular weight excluding hydrogens is 336 g/mol. The van der Waals surface area contributed by atoms with Gasteiger partial charge >= 0.3 is 12.0 Å². The Morgan fingerprint density at radius 1 is 1.31 bits per heavy atom. The highest BCUT2D eigenvalue weighted by Crippen LogP contribution is 2.30. The van der Waals surface area contributed by atoms with Gasteiger partial charge in [-0.3, -0.25) is 4.79 Å². The molecule has 2 amide bonds. The predicted molar refractivity (Wildman–Crippen MR) is 94.0 cm³/mol. The van der Waals surface area contributed by atoms with Gasteiger partial charge in [-0.1, -0.05) is 18.2 Å². The zero-order chi connectivity index (χ0) is 18.5. The second kappa shape index (κ2) is 7.95. The average Bonchev–Trinajstić information content (AvgIpc) is 3.20. The second-order valence-corrected chi connectivity index (χ2v) is 6.26. The molecule has 1 aliphatic heterocycles. The van der Waals surface area contributed by atoms with Crippen LogP contribution in [0.4, 0.5) is 4.79 Å². The summed E-state index contributed by atoms with van der Waals surface area (Å²) in [5, 5.41) is 12.2. The smallest absolute Gasteiger partial charge is 0.318 e. The number of carboxylic acids is 1. The number of carbonyl (C=O) groups excluding carboxylic acids is 1. The largest absolute Gasteiger partial charge is 0.496 e. The SMILES string of the molecule is COc1ccccc1C(NC(=O)N1CCCC(C(=O)O)C1)c1ccco1. The Balaban J connectivity index is 1.82. The normalized spacial score (nSPS) is 18.2. The van der Waals surface area contributed by atoms with Gasteiger partial charge in [0.25, 0.3) is 0 Å². The van der Waals surface area contributed by atoms with Crippen molar-refractivity contribution < 1.29 is 23.8 Å². The number of para-hydroxylation sites is 1. The standard InChI is InChI=1S/C19H22N2O5/c1-25-15-8-3-2-7-14(15)17(16-9-5-11-26-16)20-19(24)21-10-4-6-13(12-21)18(22)23/h2-3,5,7-9,11,13,17H,4,6,10,12H2,1H3,(H,20,24)(H,22,23). The zero-order valence-electron chi connectivity index (χ0n) is 14.6. The van der Waals surface area contributed by atoms with Gasteiger partial charge in [0, 0.05) is 18.7 Å². The van der Waals surface area contributed by atoms with E-state index in [0.29, 0.717) is 30.9 Å². The van der Waals surface area contributed by atoms with Gasteiger partial charge in [-0.05, 0) is 31.0 Å². The number of urea groups is 1. The van der Waals surface area contributed by atoms with Crippen molar-refractivity contribution in [2.45, 2.75) is 18.9 Å². The molecule has 0 aliphatic carbocycles. The molecule has 1 aliphatic rings. The first-order chi connectivity index (χ1) is 12.6. The molecule has 1 aromatic heterocycles. The fourth-order valence-corrected chi connectivity index (χ4v) is 3.24. The summed E-state index contributed by atoms with van der Waals surface area (Å²) in [5.41, 5.74) is 0.769. The number of hydrogen-bond acceptors (Lipinski definition) is 4. The van der Waals surface area contributed by atoms with Crippen LogP contribution in [0.2, 0.25) is 0 Å². The van der Waals surface area contributed by atoms with E-state index in [4.69, 9.17) is 9.15 Å². The highest BCUT2D eigenvalue weighted by Gasteiger charge is 2.30. The van der Waals surface area contributed by atoms with E-state index < -0.39 is 17.9 Å². The molecule has 0 bridgehead atoms. The molecule has 0 spiro atoms. The molecule has 1 fully saturated rings. The summed E-state index contributed by atoms with van der Waals surface area (Å²) in [7, 11) is 1.57. The van der Waals surface area contributed by atoms with Crippen molar-refractivity contribution in [1.82, 2.24) is 10.2 Å². The number of carboxylic acid groups (broad SMARTS) is 1. The molecule has 7 heteroatoms. The van der Waals surface area contributed by atoms with Gasteiger partial charge in [0.2, 0.25) is 0 Å². The number of aliphatic carboxylic acids is 1. The monoisotopic (exact) mass is 358 g/mol. The third-order valence-corrected chi connectivity index (χ3v) is 4.60. The van der Waals surface area contributed by atoms with Crippen LogP contribution in [-0.2, 0) is 4.79 Å². The van der Waals surface area contributed by atoms with Crippen LogP contribution in [0.3, 0.4) is 0 Å². The Hall–Kier alpha value is -2.96. The first-order valence-electron chi connectivity index (χ1n) is 8.54. The zero-order valence-corrected chi connectivity index (χ0v) is 14.6. The van der Waals surface area contributed by atoms with Crippen LogP contribution in [-0.4, -0.2) is 42.2 Å². The number of hydrogen-bond donors (Lipinski definition) is 2. The van der Waals surface area contributed by atoms with Crippen molar-refractivity contribution in [2.24, 2.45) is 5.92 Å². The van der Waals surface area contributed by atoms with Crippen molar-refractivity contribution in [3.63, 3.8) is 0 Å². The van der Waals surface area contributed by atoms with Crippen molar-refractivity contribution in [1.29, 1.82) is 0 Å². The van der Waals surface area contributed by atoms with E-state index in [9.17, 15) is 14.7 Å². The van der Waals surface area contributed by atoms with Crippen molar-refractivity contribution in [3.05, 3.63) is 54.0 Å². The molecular formula is C19H22N2O5. The molecule has 26 heavy (non-hydrogen) atoms. The first-order valence-corrected chi connectivity index (χ1v) is 8.54. The summed E-state index contributed by atoms with van der Waals surface area (Å²) in [6, 6.07) is 10.1. The second-order valence-electron chi connectivity index (χ2n) is 6.26. The van der Waals surface area contributed by atoms with E-state index in [2.05, 4.69) is 5.32 Å². The van der Waals surface area contributed by atoms with Crippen molar-refractivity contribution >= 4 is 12.0 Å². The molecule has 2 N–H and O–H groups in total. The molecule has 138 valence electrons. The van der Waals surface area contributed by atoms with Crippen LogP contribution in [0.5, 0.6) is 5.75 Å². The predicted octanol–water partition coefficient (Wildman–Crippen LogP) is 2.88. The lowest BCUT2D eigenvalue weighted by molar-refractivity contribution is -0.143. The van der Waals surface area contributed by atoms with Crippen LogP contribution in [0.15, 0.2) is 47.1 Å². The number of rotatable bonds is 5. The van der Waals surface area contributed by atoms with Crippen LogP contribution < -0.4 is 10.1 Å². The Bertz CT molecular complexity index is 759. The molecule has 1 aromatic carbocycles. The first kappa shape index (κ1) is 17.8. The Morgan fingerprint density at radius 3 is 2.81 bits per heavy atom. The Morgan fingerprint density at radius 2 is 2.12 bits per heavy atom. The summed E-state index contributed by atoms with van der Waals surface area (Å²) in [6.07, 6.45) is 2.81. The number of likely N-dealkylation sites (tertiary alicyclic amines) is 1. The third kappa shape index (κ3) is 3.82. The molecule has 2 atom stereocenters. The molecule has 7 nitrogen and oxygen atoms in total. The number of carbonyl (C=O) groups is 2. The maximum Gasteiger partial charge on any atom is 0.318 e. The summed E-state index contributed by atoms with van der Waals surface area (Å²) in [4.78, 5) is 25.6. The lowest BCUT2D eigenvalue weighted by Gasteiger charge is -2.32. The number of amides is 2. The summed E-state index contributed by atoms with van der Waals surface area (Å²) in [5.74, 6) is -0.177.